The average molecular weight is 419 g/mol. The van der Waals surface area contributed by atoms with E-state index < -0.39 is 0 Å². The van der Waals surface area contributed by atoms with E-state index in [9.17, 15) is 4.79 Å². The Morgan fingerprint density at radius 1 is 1.17 bits per heavy atom. The van der Waals surface area contributed by atoms with Gasteiger partial charge in [0.05, 0.1) is 25.9 Å². The summed E-state index contributed by atoms with van der Waals surface area (Å²) in [5.74, 6) is 2.11. The third kappa shape index (κ3) is 5.38. The van der Waals surface area contributed by atoms with E-state index in [1.807, 2.05) is 29.2 Å². The number of carbonyl (C=O) groups excluding carboxylic acids is 1. The maximum atomic E-state index is 12.6. The van der Waals surface area contributed by atoms with Gasteiger partial charge >= 0.3 is 0 Å². The number of hydrogen-bond acceptors (Lipinski definition) is 6. The molecule has 1 aliphatic rings. The molecule has 1 saturated heterocycles. The number of ether oxygens (including phenoxy) is 2. The third-order valence-electron chi connectivity index (χ3n) is 4.92. The van der Waals surface area contributed by atoms with E-state index in [1.165, 1.54) is 0 Å². The van der Waals surface area contributed by atoms with Crippen LogP contribution in [-0.2, 0) is 15.2 Å². The molecule has 1 aromatic heterocycles. The topological polar surface area (TPSA) is 69.5 Å². The number of nitrogens with zero attached hydrogens (tertiary/aromatic N) is 4. The molecule has 0 radical (unpaired) electrons. The van der Waals surface area contributed by atoms with Gasteiger partial charge in [-0.3, -0.25) is 4.79 Å². The molecule has 1 fully saturated rings. The van der Waals surface area contributed by atoms with E-state index in [0.29, 0.717) is 38.8 Å². The first-order valence-electron chi connectivity index (χ1n) is 10.0. The monoisotopic (exact) mass is 418 g/mol. The second kappa shape index (κ2) is 10.2. The Kier molecular flexibility index (Phi) is 7.69. The zero-order valence-electron chi connectivity index (χ0n) is 17.6. The summed E-state index contributed by atoms with van der Waals surface area (Å²) >= 11 is 1.66. The lowest BCUT2D eigenvalue weighted by molar-refractivity contribution is 0.0303. The predicted octanol–water partition coefficient (Wildman–Crippen LogP) is 3.37. The highest BCUT2D eigenvalue weighted by Crippen LogP contribution is 2.28. The SMILES string of the molecule is COCC(C)n1c(SCc2ccc(C(=O)N3CCOCC3)cc2)nnc1C(C)C. The highest BCUT2D eigenvalue weighted by molar-refractivity contribution is 7.98. The minimum absolute atomic E-state index is 0.0715. The molecule has 0 N–H and O–H groups in total. The van der Waals surface area contributed by atoms with Crippen LogP contribution in [0.4, 0.5) is 0 Å². The number of amides is 1. The normalized spacial score (nSPS) is 15.7. The van der Waals surface area contributed by atoms with Crippen LogP contribution in [-0.4, -0.2) is 65.6 Å². The summed E-state index contributed by atoms with van der Waals surface area (Å²) in [6, 6.07) is 8.02. The van der Waals surface area contributed by atoms with Gasteiger partial charge in [-0.05, 0) is 24.6 Å². The zero-order chi connectivity index (χ0) is 20.8. The molecule has 8 heteroatoms. The number of morpholine rings is 1. The lowest BCUT2D eigenvalue weighted by Crippen LogP contribution is -2.40. The molecule has 7 nitrogen and oxygen atoms in total. The van der Waals surface area contributed by atoms with Gasteiger partial charge in [0.2, 0.25) is 0 Å². The number of aromatic nitrogens is 3. The number of benzene rings is 1. The van der Waals surface area contributed by atoms with Crippen molar-refractivity contribution >= 4 is 17.7 Å². The van der Waals surface area contributed by atoms with Gasteiger partial charge in [-0.1, -0.05) is 37.7 Å². The van der Waals surface area contributed by atoms with Gasteiger partial charge in [0.25, 0.3) is 5.91 Å². The Bertz CT molecular complexity index is 801. The van der Waals surface area contributed by atoms with Gasteiger partial charge in [0.1, 0.15) is 5.82 Å². The van der Waals surface area contributed by atoms with Crippen LogP contribution < -0.4 is 0 Å². The summed E-state index contributed by atoms with van der Waals surface area (Å²) in [7, 11) is 1.71. The summed E-state index contributed by atoms with van der Waals surface area (Å²) in [5, 5.41) is 9.70. The Balaban J connectivity index is 1.66. The van der Waals surface area contributed by atoms with Crippen molar-refractivity contribution in [3.63, 3.8) is 0 Å². The molecular formula is C21H30N4O3S. The maximum absolute atomic E-state index is 12.6. The molecule has 1 atom stereocenters. The third-order valence-corrected chi connectivity index (χ3v) is 5.94. The fourth-order valence-electron chi connectivity index (χ4n) is 3.35. The van der Waals surface area contributed by atoms with E-state index in [2.05, 4.69) is 35.5 Å². The summed E-state index contributed by atoms with van der Waals surface area (Å²) in [6.45, 7) is 9.52. The molecule has 0 aliphatic carbocycles. The Labute approximate surface area is 176 Å². The van der Waals surface area contributed by atoms with Crippen molar-refractivity contribution in [2.45, 2.75) is 43.6 Å². The number of hydrogen-bond donors (Lipinski definition) is 0. The van der Waals surface area contributed by atoms with Crippen LogP contribution in [0, 0.1) is 0 Å². The summed E-state index contributed by atoms with van der Waals surface area (Å²) in [6.07, 6.45) is 0. The molecule has 158 valence electrons. The maximum Gasteiger partial charge on any atom is 0.254 e. The second-order valence-corrected chi connectivity index (χ2v) is 8.50. The second-order valence-electron chi connectivity index (χ2n) is 7.56. The predicted molar refractivity (Wildman–Crippen MR) is 113 cm³/mol. The van der Waals surface area contributed by atoms with E-state index in [-0.39, 0.29) is 11.9 Å². The van der Waals surface area contributed by atoms with Crippen molar-refractivity contribution in [2.75, 3.05) is 40.0 Å². The van der Waals surface area contributed by atoms with Crippen molar-refractivity contribution in [1.82, 2.24) is 19.7 Å². The Hall–Kier alpha value is -1.90. The zero-order valence-corrected chi connectivity index (χ0v) is 18.4. The largest absolute Gasteiger partial charge is 0.383 e. The first-order valence-corrected chi connectivity index (χ1v) is 11.0. The molecule has 1 amide bonds. The minimum atomic E-state index is 0.0715. The van der Waals surface area contributed by atoms with Crippen LogP contribution in [0.1, 0.15) is 54.5 Å². The van der Waals surface area contributed by atoms with E-state index in [4.69, 9.17) is 9.47 Å². The van der Waals surface area contributed by atoms with Gasteiger partial charge in [0.15, 0.2) is 5.16 Å². The van der Waals surface area contributed by atoms with Crippen LogP contribution in [0.2, 0.25) is 0 Å². The molecule has 3 rings (SSSR count). The smallest absolute Gasteiger partial charge is 0.254 e. The van der Waals surface area contributed by atoms with Crippen LogP contribution in [0.3, 0.4) is 0 Å². The highest BCUT2D eigenvalue weighted by Gasteiger charge is 2.21. The highest BCUT2D eigenvalue weighted by atomic mass is 32.2. The van der Waals surface area contributed by atoms with Gasteiger partial charge in [-0.2, -0.15) is 0 Å². The Morgan fingerprint density at radius 3 is 2.48 bits per heavy atom. The van der Waals surface area contributed by atoms with E-state index in [0.717, 1.165) is 27.9 Å². The summed E-state index contributed by atoms with van der Waals surface area (Å²) < 4.78 is 12.8. The van der Waals surface area contributed by atoms with Crippen molar-refractivity contribution in [1.29, 1.82) is 0 Å². The van der Waals surface area contributed by atoms with Crippen LogP contribution in [0.5, 0.6) is 0 Å². The molecule has 1 unspecified atom stereocenters. The number of rotatable bonds is 8. The van der Waals surface area contributed by atoms with Gasteiger partial charge in [-0.25, -0.2) is 0 Å². The van der Waals surface area contributed by atoms with Crippen LogP contribution in [0.25, 0.3) is 0 Å². The van der Waals surface area contributed by atoms with Crippen molar-refractivity contribution in [2.24, 2.45) is 0 Å². The van der Waals surface area contributed by atoms with E-state index in [1.54, 1.807) is 18.9 Å². The first-order chi connectivity index (χ1) is 14.0. The number of methoxy groups -OCH3 is 1. The van der Waals surface area contributed by atoms with Crippen LogP contribution in [0.15, 0.2) is 29.4 Å². The quantitative estimate of drug-likeness (QED) is 0.612. The average Bonchev–Trinajstić information content (AvgIpc) is 3.17. The molecule has 2 aromatic rings. The van der Waals surface area contributed by atoms with Crippen molar-refractivity contribution < 1.29 is 14.3 Å². The Morgan fingerprint density at radius 2 is 1.86 bits per heavy atom. The standard InChI is InChI=1S/C21H30N4O3S/c1-15(2)19-22-23-21(25(19)16(3)13-27-4)29-14-17-5-7-18(8-6-17)20(26)24-9-11-28-12-10-24/h5-8,15-16H,9-14H2,1-4H3. The molecule has 1 aliphatic heterocycles. The van der Waals surface area contributed by atoms with Gasteiger partial charge < -0.3 is 18.9 Å². The molecule has 2 heterocycles. The summed E-state index contributed by atoms with van der Waals surface area (Å²) in [5.41, 5.74) is 1.87. The molecular weight excluding hydrogens is 388 g/mol. The molecule has 29 heavy (non-hydrogen) atoms. The lowest BCUT2D eigenvalue weighted by Gasteiger charge is -2.26. The minimum Gasteiger partial charge on any atom is -0.383 e. The van der Waals surface area contributed by atoms with Crippen molar-refractivity contribution in [3.05, 3.63) is 41.2 Å². The number of carbonyl (C=O) groups is 1. The van der Waals surface area contributed by atoms with E-state index >= 15 is 0 Å². The number of thioether (sulfide) groups is 1. The van der Waals surface area contributed by atoms with Gasteiger partial charge in [-0.15, -0.1) is 10.2 Å². The molecule has 0 spiro atoms. The fraction of sp³-hybridized carbons (Fsp3) is 0.571. The van der Waals surface area contributed by atoms with Crippen LogP contribution >= 0.6 is 11.8 Å². The fourth-order valence-corrected chi connectivity index (χ4v) is 4.35. The first kappa shape index (κ1) is 21.8. The molecule has 0 saturated carbocycles. The van der Waals surface area contributed by atoms with Gasteiger partial charge in [0, 0.05) is 37.4 Å². The molecule has 1 aromatic carbocycles. The molecule has 0 bridgehead atoms. The van der Waals surface area contributed by atoms with Crippen molar-refractivity contribution in [3.8, 4) is 0 Å². The summed E-state index contributed by atoms with van der Waals surface area (Å²) in [4.78, 5) is 14.4. The lowest BCUT2D eigenvalue weighted by atomic mass is 10.1.